The Morgan fingerprint density at radius 2 is 2.10 bits per heavy atom. The van der Waals surface area contributed by atoms with Crippen molar-refractivity contribution in [1.29, 1.82) is 0 Å². The van der Waals surface area contributed by atoms with Gasteiger partial charge in [-0.25, -0.2) is 4.68 Å². The number of benzene rings is 1. The first-order chi connectivity index (χ1) is 9.81. The molecule has 0 fully saturated rings. The lowest BCUT2D eigenvalue weighted by Gasteiger charge is -2.07. The Morgan fingerprint density at radius 3 is 2.85 bits per heavy atom. The molecule has 0 amide bonds. The number of nitrogens with zero attached hydrogens (tertiary/aromatic N) is 2. The number of thioether (sulfide) groups is 1. The first-order valence-electron chi connectivity index (χ1n) is 6.93. The normalized spacial score (nSPS) is 10.7. The second-order valence-electron chi connectivity index (χ2n) is 4.48. The van der Waals surface area contributed by atoms with Gasteiger partial charge in [-0.15, -0.1) is 11.8 Å². The van der Waals surface area contributed by atoms with Crippen LogP contribution in [0.4, 0.5) is 5.82 Å². The molecule has 0 aliphatic rings. The lowest BCUT2D eigenvalue weighted by atomic mass is 10.3. The molecule has 0 saturated carbocycles. The van der Waals surface area contributed by atoms with Crippen molar-refractivity contribution in [3.63, 3.8) is 0 Å². The first kappa shape index (κ1) is 14.8. The molecule has 2 aromatic rings. The molecule has 0 radical (unpaired) electrons. The van der Waals surface area contributed by atoms with E-state index in [1.165, 1.54) is 0 Å². The topological polar surface area (TPSA) is 53.1 Å². The molecule has 1 aromatic heterocycles. The molecule has 0 aliphatic carbocycles. The van der Waals surface area contributed by atoms with Gasteiger partial charge in [0, 0.05) is 13.0 Å². The summed E-state index contributed by atoms with van der Waals surface area (Å²) in [6.45, 7) is 3.61. The Kier molecular flexibility index (Phi) is 5.80. The molecule has 0 bridgehead atoms. The number of para-hydroxylation sites is 1. The van der Waals surface area contributed by atoms with Gasteiger partial charge in [0.1, 0.15) is 11.6 Å². The number of nitrogens with two attached hydrogens (primary N) is 1. The Morgan fingerprint density at radius 1 is 1.30 bits per heavy atom. The summed E-state index contributed by atoms with van der Waals surface area (Å²) in [6, 6.07) is 9.84. The van der Waals surface area contributed by atoms with E-state index in [0.717, 1.165) is 41.6 Å². The first-order valence-corrected chi connectivity index (χ1v) is 7.91. The van der Waals surface area contributed by atoms with E-state index in [0.29, 0.717) is 6.61 Å². The van der Waals surface area contributed by atoms with Crippen molar-refractivity contribution in [2.45, 2.75) is 31.2 Å². The van der Waals surface area contributed by atoms with E-state index in [2.05, 4.69) is 12.0 Å². The second-order valence-corrected chi connectivity index (χ2v) is 5.62. The van der Waals surface area contributed by atoms with Gasteiger partial charge in [-0.3, -0.25) is 0 Å². The molecule has 1 heterocycles. The van der Waals surface area contributed by atoms with Crippen molar-refractivity contribution in [1.82, 2.24) is 9.78 Å². The molecule has 0 saturated heterocycles. The third kappa shape index (κ3) is 4.20. The molecule has 5 heteroatoms. The predicted octanol–water partition coefficient (Wildman–Crippen LogP) is 3.44. The van der Waals surface area contributed by atoms with Crippen LogP contribution >= 0.6 is 11.8 Å². The van der Waals surface area contributed by atoms with Crippen LogP contribution < -0.4 is 10.5 Å². The fourth-order valence-corrected chi connectivity index (χ4v) is 2.60. The third-order valence-corrected chi connectivity index (χ3v) is 4.07. The van der Waals surface area contributed by atoms with E-state index in [4.69, 9.17) is 10.5 Å². The van der Waals surface area contributed by atoms with Gasteiger partial charge >= 0.3 is 0 Å². The fourth-order valence-electron chi connectivity index (χ4n) is 1.80. The monoisotopic (exact) mass is 291 g/mol. The molecule has 20 heavy (non-hydrogen) atoms. The average Bonchev–Trinajstić information content (AvgIpc) is 2.83. The zero-order valence-electron chi connectivity index (χ0n) is 11.8. The van der Waals surface area contributed by atoms with E-state index >= 15 is 0 Å². The maximum atomic E-state index is 6.08. The number of hydrogen-bond donors (Lipinski definition) is 1. The number of aromatic nitrogens is 2. The molecule has 108 valence electrons. The average molecular weight is 291 g/mol. The highest BCUT2D eigenvalue weighted by molar-refractivity contribution is 7.99. The SMILES string of the molecule is CCCSc1cnn(CCCOc2ccccc2)c1N. The summed E-state index contributed by atoms with van der Waals surface area (Å²) in [5, 5.41) is 4.33. The lowest BCUT2D eigenvalue weighted by molar-refractivity contribution is 0.299. The number of rotatable bonds is 8. The third-order valence-electron chi connectivity index (χ3n) is 2.83. The maximum absolute atomic E-state index is 6.08. The summed E-state index contributed by atoms with van der Waals surface area (Å²) in [6.07, 6.45) is 3.88. The minimum atomic E-state index is 0.667. The van der Waals surface area contributed by atoms with Crippen molar-refractivity contribution in [2.24, 2.45) is 0 Å². The summed E-state index contributed by atoms with van der Waals surface area (Å²) in [5.41, 5.74) is 6.08. The number of ether oxygens (including phenoxy) is 1. The van der Waals surface area contributed by atoms with Crippen LogP contribution in [0.1, 0.15) is 19.8 Å². The Bertz CT molecular complexity index is 513. The zero-order valence-corrected chi connectivity index (χ0v) is 12.6. The van der Waals surface area contributed by atoms with Crippen LogP contribution in [-0.4, -0.2) is 22.1 Å². The largest absolute Gasteiger partial charge is 0.494 e. The van der Waals surface area contributed by atoms with Gasteiger partial charge < -0.3 is 10.5 Å². The van der Waals surface area contributed by atoms with Gasteiger partial charge in [0.25, 0.3) is 0 Å². The minimum Gasteiger partial charge on any atom is -0.494 e. The van der Waals surface area contributed by atoms with E-state index < -0.39 is 0 Å². The molecule has 1 aromatic carbocycles. The van der Waals surface area contributed by atoms with Crippen molar-refractivity contribution >= 4 is 17.6 Å². The molecular weight excluding hydrogens is 270 g/mol. The lowest BCUT2D eigenvalue weighted by Crippen LogP contribution is -2.08. The molecular formula is C15H21N3OS. The van der Waals surface area contributed by atoms with Crippen LogP contribution in [0.5, 0.6) is 5.75 Å². The Hall–Kier alpha value is -1.62. The molecule has 4 nitrogen and oxygen atoms in total. The number of nitrogen functional groups attached to an aromatic ring is 1. The van der Waals surface area contributed by atoms with Gasteiger partial charge in [0.2, 0.25) is 0 Å². The summed E-state index contributed by atoms with van der Waals surface area (Å²) in [7, 11) is 0. The van der Waals surface area contributed by atoms with Crippen molar-refractivity contribution in [3.05, 3.63) is 36.5 Å². The summed E-state index contributed by atoms with van der Waals surface area (Å²) >= 11 is 1.76. The van der Waals surface area contributed by atoms with Crippen molar-refractivity contribution in [3.8, 4) is 5.75 Å². The fraction of sp³-hybridized carbons (Fsp3) is 0.400. The van der Waals surface area contributed by atoms with Crippen LogP contribution in [0.15, 0.2) is 41.4 Å². The Balaban J connectivity index is 1.75. The van der Waals surface area contributed by atoms with Gasteiger partial charge in [-0.05, 0) is 24.3 Å². The van der Waals surface area contributed by atoms with Crippen LogP contribution in [0, 0.1) is 0 Å². The molecule has 0 aliphatic heterocycles. The van der Waals surface area contributed by atoms with Crippen LogP contribution in [0.2, 0.25) is 0 Å². The summed E-state index contributed by atoms with van der Waals surface area (Å²) in [5.74, 6) is 2.75. The number of hydrogen-bond acceptors (Lipinski definition) is 4. The molecule has 0 spiro atoms. The van der Waals surface area contributed by atoms with Crippen LogP contribution in [0.25, 0.3) is 0 Å². The molecule has 0 unspecified atom stereocenters. The Labute approximate surface area is 124 Å². The van der Waals surface area contributed by atoms with Gasteiger partial charge in [0.05, 0.1) is 17.7 Å². The van der Waals surface area contributed by atoms with Gasteiger partial charge in [-0.1, -0.05) is 25.1 Å². The highest BCUT2D eigenvalue weighted by atomic mass is 32.2. The molecule has 2 rings (SSSR count). The predicted molar refractivity (Wildman–Crippen MR) is 84.2 cm³/mol. The zero-order chi connectivity index (χ0) is 14.2. The van der Waals surface area contributed by atoms with E-state index in [-0.39, 0.29) is 0 Å². The van der Waals surface area contributed by atoms with E-state index in [1.807, 2.05) is 41.2 Å². The summed E-state index contributed by atoms with van der Waals surface area (Å²) in [4.78, 5) is 1.08. The smallest absolute Gasteiger partial charge is 0.135 e. The second kappa shape index (κ2) is 7.85. The van der Waals surface area contributed by atoms with Gasteiger partial charge in [0.15, 0.2) is 0 Å². The van der Waals surface area contributed by atoms with Gasteiger partial charge in [-0.2, -0.15) is 5.10 Å². The summed E-state index contributed by atoms with van der Waals surface area (Å²) < 4.78 is 7.51. The molecule has 0 atom stereocenters. The van der Waals surface area contributed by atoms with Crippen LogP contribution in [-0.2, 0) is 6.54 Å². The quantitative estimate of drug-likeness (QED) is 0.598. The highest BCUT2D eigenvalue weighted by Crippen LogP contribution is 2.25. The number of anilines is 1. The highest BCUT2D eigenvalue weighted by Gasteiger charge is 2.07. The van der Waals surface area contributed by atoms with E-state index in [9.17, 15) is 0 Å². The number of aryl methyl sites for hydroxylation is 1. The molecule has 2 N–H and O–H groups in total. The van der Waals surface area contributed by atoms with E-state index in [1.54, 1.807) is 11.8 Å². The standard InChI is InChI=1S/C15H21N3OS/c1-2-11-20-14-12-17-18(15(14)16)9-6-10-19-13-7-4-3-5-8-13/h3-5,7-8,12H,2,6,9-11,16H2,1H3. The van der Waals surface area contributed by atoms with Crippen molar-refractivity contribution in [2.75, 3.05) is 18.1 Å². The minimum absolute atomic E-state index is 0.667. The maximum Gasteiger partial charge on any atom is 0.135 e. The van der Waals surface area contributed by atoms with Crippen molar-refractivity contribution < 1.29 is 4.74 Å². The van der Waals surface area contributed by atoms with Crippen LogP contribution in [0.3, 0.4) is 0 Å².